The molecular weight excluding hydrogens is 220 g/mol. The first kappa shape index (κ1) is 13.1. The zero-order valence-electron chi connectivity index (χ0n) is 9.93. The Hall–Kier alpha value is -1.97. The molecule has 0 heterocycles. The molecule has 0 unspecified atom stereocenters. The third kappa shape index (κ3) is 3.52. The second kappa shape index (κ2) is 5.94. The van der Waals surface area contributed by atoms with E-state index in [2.05, 4.69) is 0 Å². The Morgan fingerprint density at radius 3 is 2.53 bits per heavy atom. The van der Waals surface area contributed by atoms with Gasteiger partial charge < -0.3 is 14.9 Å². The molecule has 1 aromatic carbocycles. The predicted octanol–water partition coefficient (Wildman–Crippen LogP) is 2.89. The van der Waals surface area contributed by atoms with Gasteiger partial charge in [-0.2, -0.15) is 0 Å². The van der Waals surface area contributed by atoms with E-state index in [1.807, 2.05) is 19.1 Å². The topological polar surface area (TPSA) is 66.8 Å². The van der Waals surface area contributed by atoms with Gasteiger partial charge >= 0.3 is 5.97 Å². The van der Waals surface area contributed by atoms with Crippen molar-refractivity contribution in [3.63, 3.8) is 0 Å². The Morgan fingerprint density at radius 2 is 1.94 bits per heavy atom. The van der Waals surface area contributed by atoms with Gasteiger partial charge in [-0.1, -0.05) is 31.5 Å². The summed E-state index contributed by atoms with van der Waals surface area (Å²) >= 11 is 0. The predicted molar refractivity (Wildman–Crippen MR) is 64.0 cm³/mol. The van der Waals surface area contributed by atoms with Crippen LogP contribution in [0.2, 0.25) is 0 Å². The highest BCUT2D eigenvalue weighted by Gasteiger charge is 2.14. The van der Waals surface area contributed by atoms with Crippen molar-refractivity contribution in [2.24, 2.45) is 0 Å². The molecule has 4 heteroatoms. The number of hydrogen-bond acceptors (Lipinski definition) is 4. The quantitative estimate of drug-likeness (QED) is 0.365. The van der Waals surface area contributed by atoms with Crippen LogP contribution in [-0.2, 0) is 11.2 Å². The molecule has 0 aliphatic carbocycles. The first-order valence-corrected chi connectivity index (χ1v) is 5.45. The average Bonchev–Trinajstić information content (AvgIpc) is 2.30. The number of carbonyl (C=O) groups excluding carboxylic acids is 1. The summed E-state index contributed by atoms with van der Waals surface area (Å²) in [5.74, 6) is -1.31. The minimum Gasteiger partial charge on any atom is -0.481 e. The maximum Gasteiger partial charge on any atom is 0.346 e. The van der Waals surface area contributed by atoms with Crippen molar-refractivity contribution < 1.29 is 19.7 Å². The second-order valence-corrected chi connectivity index (χ2v) is 3.70. The highest BCUT2D eigenvalue weighted by atomic mass is 16.5. The highest BCUT2D eigenvalue weighted by Crippen LogP contribution is 2.20. The lowest BCUT2D eigenvalue weighted by atomic mass is 10.1. The van der Waals surface area contributed by atoms with E-state index < -0.39 is 11.9 Å². The number of aliphatic hydroxyl groups excluding tert-OH is 1. The normalized spacial score (nSPS) is 9.76. The summed E-state index contributed by atoms with van der Waals surface area (Å²) in [5.41, 5.74) is 0.713. The molecule has 4 nitrogen and oxygen atoms in total. The molecule has 17 heavy (non-hydrogen) atoms. The van der Waals surface area contributed by atoms with Gasteiger partial charge in [0, 0.05) is 0 Å². The van der Waals surface area contributed by atoms with E-state index >= 15 is 0 Å². The summed E-state index contributed by atoms with van der Waals surface area (Å²) < 4.78 is 5.10. The van der Waals surface area contributed by atoms with E-state index in [1.165, 1.54) is 6.92 Å². The number of para-hydroxylation sites is 1. The van der Waals surface area contributed by atoms with E-state index in [-0.39, 0.29) is 5.57 Å². The fourth-order valence-corrected chi connectivity index (χ4v) is 1.35. The Kier molecular flexibility index (Phi) is 4.57. The molecule has 0 spiro atoms. The van der Waals surface area contributed by atoms with Crippen LogP contribution in [0.4, 0.5) is 0 Å². The van der Waals surface area contributed by atoms with Crippen LogP contribution in [0.5, 0.6) is 5.75 Å². The van der Waals surface area contributed by atoms with Crippen molar-refractivity contribution >= 4 is 5.97 Å². The van der Waals surface area contributed by atoms with Gasteiger partial charge in [-0.15, -0.1) is 0 Å². The van der Waals surface area contributed by atoms with Gasteiger partial charge in [0.05, 0.1) is 0 Å². The first-order chi connectivity index (χ1) is 8.06. The van der Waals surface area contributed by atoms with Crippen LogP contribution in [-0.4, -0.2) is 16.2 Å². The van der Waals surface area contributed by atoms with Crippen LogP contribution in [0.15, 0.2) is 35.8 Å². The van der Waals surface area contributed by atoms with Crippen LogP contribution in [0.1, 0.15) is 25.8 Å². The van der Waals surface area contributed by atoms with E-state index in [4.69, 9.17) is 14.9 Å². The molecule has 1 aromatic rings. The fourth-order valence-electron chi connectivity index (χ4n) is 1.35. The number of esters is 1. The highest BCUT2D eigenvalue weighted by molar-refractivity contribution is 5.89. The first-order valence-electron chi connectivity index (χ1n) is 5.45. The Balaban J connectivity index is 2.88. The summed E-state index contributed by atoms with van der Waals surface area (Å²) in [4.78, 5) is 11.5. The lowest BCUT2D eigenvalue weighted by Crippen LogP contribution is -2.12. The van der Waals surface area contributed by atoms with Gasteiger partial charge in [-0.25, -0.2) is 4.79 Å². The molecule has 2 N–H and O–H groups in total. The number of ether oxygens (including phenoxy) is 1. The molecular formula is C13H16O4. The number of aliphatic hydroxyl groups is 2. The number of aryl methyl sites for hydroxylation is 1. The Morgan fingerprint density at radius 1 is 1.29 bits per heavy atom. The Bertz CT molecular complexity index is 431. The van der Waals surface area contributed by atoms with Crippen LogP contribution < -0.4 is 4.74 Å². The van der Waals surface area contributed by atoms with E-state index in [9.17, 15) is 4.79 Å². The molecule has 0 bridgehead atoms. The zero-order chi connectivity index (χ0) is 12.8. The zero-order valence-corrected chi connectivity index (χ0v) is 9.93. The summed E-state index contributed by atoms with van der Waals surface area (Å²) in [5, 5.41) is 17.6. The number of carbonyl (C=O) groups is 1. The molecule has 92 valence electrons. The molecule has 0 atom stereocenters. The van der Waals surface area contributed by atoms with Crippen molar-refractivity contribution in [2.75, 3.05) is 0 Å². The average molecular weight is 236 g/mol. The number of rotatable bonds is 4. The van der Waals surface area contributed by atoms with Crippen molar-refractivity contribution in [3.05, 3.63) is 41.3 Å². The van der Waals surface area contributed by atoms with Gasteiger partial charge in [0.1, 0.15) is 11.3 Å². The third-order valence-corrected chi connectivity index (χ3v) is 2.34. The van der Waals surface area contributed by atoms with Crippen molar-refractivity contribution in [2.45, 2.75) is 26.7 Å². The van der Waals surface area contributed by atoms with Gasteiger partial charge in [-0.05, 0) is 25.0 Å². The molecule has 0 amide bonds. The Labute approximate surface area is 100 Å². The van der Waals surface area contributed by atoms with Crippen molar-refractivity contribution in [1.82, 2.24) is 0 Å². The molecule has 0 fully saturated rings. The fraction of sp³-hybridized carbons (Fsp3) is 0.308. The van der Waals surface area contributed by atoms with Crippen molar-refractivity contribution in [3.8, 4) is 5.75 Å². The van der Waals surface area contributed by atoms with Crippen LogP contribution in [0.25, 0.3) is 0 Å². The lowest BCUT2D eigenvalue weighted by Gasteiger charge is -2.09. The largest absolute Gasteiger partial charge is 0.481 e. The molecule has 0 radical (unpaired) electrons. The van der Waals surface area contributed by atoms with E-state index in [1.54, 1.807) is 12.1 Å². The van der Waals surface area contributed by atoms with Gasteiger partial charge in [0.2, 0.25) is 0 Å². The summed E-state index contributed by atoms with van der Waals surface area (Å²) in [6.07, 6.45) is 1.74. The summed E-state index contributed by atoms with van der Waals surface area (Å²) in [6, 6.07) is 7.20. The molecule has 0 aliphatic heterocycles. The molecule has 0 saturated carbocycles. The molecule has 1 rings (SSSR count). The minimum absolute atomic E-state index is 0.212. The standard InChI is InChI=1S/C13H16O4/c1-3-6-10-7-4-5-8-11(10)17-13(16)9(2)12(14)15/h4-5,7-8,14-15H,3,6H2,1-2H3. The van der Waals surface area contributed by atoms with Gasteiger partial charge in [-0.3, -0.25) is 0 Å². The van der Waals surface area contributed by atoms with Crippen molar-refractivity contribution in [1.29, 1.82) is 0 Å². The molecule has 0 saturated heterocycles. The summed E-state index contributed by atoms with van der Waals surface area (Å²) in [6.45, 7) is 3.32. The van der Waals surface area contributed by atoms with Crippen LogP contribution in [0, 0.1) is 0 Å². The van der Waals surface area contributed by atoms with Gasteiger partial charge in [0.25, 0.3) is 5.95 Å². The van der Waals surface area contributed by atoms with Crippen LogP contribution in [0.3, 0.4) is 0 Å². The molecule has 0 aromatic heterocycles. The maximum absolute atomic E-state index is 11.5. The lowest BCUT2D eigenvalue weighted by molar-refractivity contribution is -0.130. The monoisotopic (exact) mass is 236 g/mol. The second-order valence-electron chi connectivity index (χ2n) is 3.70. The van der Waals surface area contributed by atoms with E-state index in [0.29, 0.717) is 5.75 Å². The molecule has 0 aliphatic rings. The third-order valence-electron chi connectivity index (χ3n) is 2.34. The smallest absolute Gasteiger partial charge is 0.346 e. The SMILES string of the molecule is CCCc1ccccc1OC(=O)C(C)=C(O)O. The summed E-state index contributed by atoms with van der Waals surface area (Å²) in [7, 11) is 0. The maximum atomic E-state index is 11.5. The van der Waals surface area contributed by atoms with E-state index in [0.717, 1.165) is 18.4 Å². The van der Waals surface area contributed by atoms with Gasteiger partial charge in [0.15, 0.2) is 0 Å². The minimum atomic E-state index is -1.01. The number of benzene rings is 1. The van der Waals surface area contributed by atoms with Crippen LogP contribution >= 0.6 is 0 Å². The number of hydrogen-bond donors (Lipinski definition) is 2.